The molecule has 1 aromatic rings. The van der Waals surface area contributed by atoms with Crippen molar-refractivity contribution >= 4 is 32.3 Å². The van der Waals surface area contributed by atoms with Gasteiger partial charge in [-0.25, -0.2) is 13.6 Å². The molecule has 1 unspecified atom stereocenters. The summed E-state index contributed by atoms with van der Waals surface area (Å²) in [6.07, 6.45) is 0.956. The summed E-state index contributed by atoms with van der Waals surface area (Å²) < 4.78 is 22.5. The molecule has 1 amide bonds. The average Bonchev–Trinajstić information content (AvgIpc) is 2.96. The van der Waals surface area contributed by atoms with E-state index < -0.39 is 10.0 Å². The van der Waals surface area contributed by atoms with Gasteiger partial charge in [0, 0.05) is 36.9 Å². The van der Waals surface area contributed by atoms with Gasteiger partial charge in [0.2, 0.25) is 15.9 Å². The molecule has 3 heterocycles. The van der Waals surface area contributed by atoms with Crippen molar-refractivity contribution in [3.8, 4) is 6.07 Å². The van der Waals surface area contributed by atoms with Crippen molar-refractivity contribution in [1.29, 1.82) is 5.26 Å². The third-order valence-electron chi connectivity index (χ3n) is 4.26. The summed E-state index contributed by atoms with van der Waals surface area (Å²) in [7, 11) is -1.58. The largest absolute Gasteiger partial charge is 0.302 e. The van der Waals surface area contributed by atoms with Crippen LogP contribution in [0, 0.1) is 17.2 Å². The molecule has 0 saturated carbocycles. The number of carbonyl (C=O) groups excluding carboxylic acids is 1. The molecule has 0 aromatic carbocycles. The summed E-state index contributed by atoms with van der Waals surface area (Å²) in [5.74, 6) is -0.654. The smallest absolute Gasteiger partial charge is 0.228 e. The zero-order valence-corrected chi connectivity index (χ0v) is 14.4. The summed E-state index contributed by atoms with van der Waals surface area (Å²) in [5, 5.41) is 15.3. The van der Waals surface area contributed by atoms with Crippen LogP contribution in [0.2, 0.25) is 0 Å². The fourth-order valence-corrected chi connectivity index (χ4v) is 5.52. The van der Waals surface area contributed by atoms with Gasteiger partial charge in [0.25, 0.3) is 0 Å². The van der Waals surface area contributed by atoms with Crippen LogP contribution in [0.1, 0.15) is 22.4 Å². The molecule has 23 heavy (non-hydrogen) atoms. The summed E-state index contributed by atoms with van der Waals surface area (Å²) >= 11 is 1.47. The molecule has 0 bridgehead atoms. The number of amides is 1. The number of likely N-dealkylation sites (N-methyl/N-ethyl adjacent to an activating group) is 1. The predicted octanol–water partition coefficient (Wildman–Crippen LogP) is 0.249. The fourth-order valence-electron chi connectivity index (χ4n) is 3.24. The molecule has 2 N–H and O–H groups in total. The molecule has 2 aliphatic heterocycles. The first-order valence-electron chi connectivity index (χ1n) is 7.32. The third kappa shape index (κ3) is 3.26. The molecule has 0 spiro atoms. The van der Waals surface area contributed by atoms with Crippen LogP contribution in [0.15, 0.2) is 0 Å². The molecule has 0 radical (unpaired) electrons. The van der Waals surface area contributed by atoms with Gasteiger partial charge in [-0.05, 0) is 19.0 Å². The van der Waals surface area contributed by atoms with Gasteiger partial charge in [-0.15, -0.1) is 11.3 Å². The SMILES string of the molecule is CN1CCc2c(sc(N3CC(CS(N)(=O)=O)CC3=O)c2C#N)C1. The van der Waals surface area contributed by atoms with E-state index in [1.165, 1.54) is 11.3 Å². The van der Waals surface area contributed by atoms with E-state index in [-0.39, 0.29) is 24.0 Å². The van der Waals surface area contributed by atoms with Gasteiger partial charge in [-0.3, -0.25) is 4.79 Å². The van der Waals surface area contributed by atoms with Crippen LogP contribution in [-0.4, -0.2) is 45.1 Å². The minimum absolute atomic E-state index is 0.137. The van der Waals surface area contributed by atoms with Crippen molar-refractivity contribution in [2.45, 2.75) is 19.4 Å². The van der Waals surface area contributed by atoms with Gasteiger partial charge in [-0.1, -0.05) is 0 Å². The second-order valence-electron chi connectivity index (χ2n) is 6.19. The van der Waals surface area contributed by atoms with Gasteiger partial charge in [0.05, 0.1) is 11.3 Å². The lowest BCUT2D eigenvalue weighted by Gasteiger charge is -2.21. The number of thiophene rings is 1. The summed E-state index contributed by atoms with van der Waals surface area (Å²) in [4.78, 5) is 17.2. The zero-order valence-electron chi connectivity index (χ0n) is 12.8. The first-order valence-corrected chi connectivity index (χ1v) is 9.85. The molecule has 9 heteroatoms. The molecule has 1 saturated heterocycles. The summed E-state index contributed by atoms with van der Waals surface area (Å²) in [6, 6.07) is 2.23. The topological polar surface area (TPSA) is 108 Å². The van der Waals surface area contributed by atoms with Crippen LogP contribution in [-0.2, 0) is 27.8 Å². The Morgan fingerprint density at radius 2 is 2.22 bits per heavy atom. The first-order chi connectivity index (χ1) is 10.8. The maximum absolute atomic E-state index is 12.3. The van der Waals surface area contributed by atoms with Crippen molar-refractivity contribution in [3.05, 3.63) is 16.0 Å². The highest BCUT2D eigenvalue weighted by molar-refractivity contribution is 7.89. The summed E-state index contributed by atoms with van der Waals surface area (Å²) in [5.41, 5.74) is 1.61. The molecule has 1 fully saturated rings. The van der Waals surface area contributed by atoms with E-state index in [1.54, 1.807) is 4.90 Å². The van der Waals surface area contributed by atoms with Crippen molar-refractivity contribution in [3.63, 3.8) is 0 Å². The number of fused-ring (bicyclic) bond motifs is 1. The second-order valence-corrected chi connectivity index (χ2v) is 8.93. The minimum Gasteiger partial charge on any atom is -0.302 e. The Hall–Kier alpha value is -1.47. The van der Waals surface area contributed by atoms with Crippen LogP contribution >= 0.6 is 11.3 Å². The van der Waals surface area contributed by atoms with Gasteiger partial charge in [0.15, 0.2) is 0 Å². The van der Waals surface area contributed by atoms with Crippen LogP contribution in [0.4, 0.5) is 5.00 Å². The van der Waals surface area contributed by atoms with Crippen molar-refractivity contribution in [2.75, 3.05) is 30.8 Å². The maximum atomic E-state index is 12.3. The molecule has 1 aromatic heterocycles. The number of anilines is 1. The van der Waals surface area contributed by atoms with E-state index in [9.17, 15) is 18.5 Å². The lowest BCUT2D eigenvalue weighted by molar-refractivity contribution is -0.117. The molecule has 2 aliphatic rings. The lowest BCUT2D eigenvalue weighted by atomic mass is 10.0. The van der Waals surface area contributed by atoms with E-state index in [0.29, 0.717) is 17.1 Å². The van der Waals surface area contributed by atoms with E-state index >= 15 is 0 Å². The molecule has 1 atom stereocenters. The van der Waals surface area contributed by atoms with Crippen LogP contribution < -0.4 is 10.0 Å². The van der Waals surface area contributed by atoms with Crippen LogP contribution in [0.5, 0.6) is 0 Å². The monoisotopic (exact) mass is 354 g/mol. The van der Waals surface area contributed by atoms with Crippen LogP contribution in [0.3, 0.4) is 0 Å². The number of rotatable bonds is 3. The molecule has 7 nitrogen and oxygen atoms in total. The van der Waals surface area contributed by atoms with Gasteiger partial charge < -0.3 is 9.80 Å². The van der Waals surface area contributed by atoms with E-state index in [1.807, 2.05) is 7.05 Å². The van der Waals surface area contributed by atoms with Crippen molar-refractivity contribution < 1.29 is 13.2 Å². The second kappa shape index (κ2) is 5.87. The standard InChI is InChI=1S/C14H18N4O3S2/c1-17-3-2-10-11(5-15)14(22-12(10)7-17)18-6-9(4-13(18)19)8-23(16,20)21/h9H,2-4,6-8H2,1H3,(H2,16,20,21). The molecule has 0 aliphatic carbocycles. The Morgan fingerprint density at radius 1 is 1.48 bits per heavy atom. The third-order valence-corrected chi connectivity index (χ3v) is 6.44. The van der Waals surface area contributed by atoms with Crippen LogP contribution in [0.25, 0.3) is 0 Å². The fraction of sp³-hybridized carbons (Fsp3) is 0.571. The highest BCUT2D eigenvalue weighted by atomic mass is 32.2. The Kier molecular flexibility index (Phi) is 4.18. The number of sulfonamides is 1. The average molecular weight is 354 g/mol. The van der Waals surface area contributed by atoms with E-state index in [4.69, 9.17) is 5.14 Å². The zero-order chi connectivity index (χ0) is 16.8. The number of carbonyl (C=O) groups is 1. The Bertz CT molecular complexity index is 794. The van der Waals surface area contributed by atoms with Gasteiger partial charge in [0.1, 0.15) is 11.1 Å². The number of hydrogen-bond donors (Lipinski definition) is 1. The number of hydrogen-bond acceptors (Lipinski definition) is 6. The number of nitriles is 1. The van der Waals surface area contributed by atoms with E-state index in [2.05, 4.69) is 11.0 Å². The highest BCUT2D eigenvalue weighted by Gasteiger charge is 2.36. The number of nitrogens with two attached hydrogens (primary N) is 1. The van der Waals surface area contributed by atoms with Gasteiger partial charge in [-0.2, -0.15) is 5.26 Å². The molecular formula is C14H18N4O3S2. The predicted molar refractivity (Wildman–Crippen MR) is 87.5 cm³/mol. The molecular weight excluding hydrogens is 336 g/mol. The lowest BCUT2D eigenvalue weighted by Crippen LogP contribution is -2.27. The Labute approximate surface area is 139 Å². The van der Waals surface area contributed by atoms with Crippen molar-refractivity contribution in [2.24, 2.45) is 11.1 Å². The Balaban J connectivity index is 1.91. The normalized spacial score (nSPS) is 22.2. The molecule has 3 rings (SSSR count). The van der Waals surface area contributed by atoms with Gasteiger partial charge >= 0.3 is 0 Å². The minimum atomic E-state index is -3.61. The number of primary sulfonamides is 1. The summed E-state index contributed by atoms with van der Waals surface area (Å²) in [6.45, 7) is 1.97. The highest BCUT2D eigenvalue weighted by Crippen LogP contribution is 2.40. The Morgan fingerprint density at radius 3 is 2.87 bits per heavy atom. The number of nitrogens with zero attached hydrogens (tertiary/aromatic N) is 3. The quantitative estimate of drug-likeness (QED) is 0.837. The maximum Gasteiger partial charge on any atom is 0.228 e. The van der Waals surface area contributed by atoms with E-state index in [0.717, 1.165) is 30.0 Å². The van der Waals surface area contributed by atoms with Crippen molar-refractivity contribution in [1.82, 2.24) is 4.90 Å². The first kappa shape index (κ1) is 16.4. The molecule has 124 valence electrons.